The van der Waals surface area contributed by atoms with Crippen molar-refractivity contribution in [3.63, 3.8) is 0 Å². The SMILES string of the molecule is O=C(CN1CCOCC1)Nc1cc(NC(=O)c2ccc(-c3cccs3)nc2)ccc1O. The molecule has 1 aliphatic rings. The van der Waals surface area contributed by atoms with Crippen molar-refractivity contribution in [2.45, 2.75) is 0 Å². The van der Waals surface area contributed by atoms with Crippen molar-refractivity contribution in [1.29, 1.82) is 0 Å². The van der Waals surface area contributed by atoms with Crippen LogP contribution >= 0.6 is 11.3 Å². The van der Waals surface area contributed by atoms with Gasteiger partial charge < -0.3 is 20.5 Å². The number of phenolic OH excluding ortho intramolecular Hbond substituents is 1. The summed E-state index contributed by atoms with van der Waals surface area (Å²) in [6.07, 6.45) is 1.52. The highest BCUT2D eigenvalue weighted by molar-refractivity contribution is 7.13. The Balaban J connectivity index is 1.39. The molecule has 3 aromatic rings. The molecule has 1 saturated heterocycles. The summed E-state index contributed by atoms with van der Waals surface area (Å²) in [6.45, 7) is 2.79. The molecular weight excluding hydrogens is 416 g/mol. The Bertz CT molecular complexity index is 1050. The maximum absolute atomic E-state index is 12.6. The number of anilines is 2. The average Bonchev–Trinajstić information content (AvgIpc) is 3.32. The first-order valence-corrected chi connectivity index (χ1v) is 10.7. The quantitative estimate of drug-likeness (QED) is 0.404. The number of nitrogens with one attached hydrogen (secondary N) is 2. The van der Waals surface area contributed by atoms with Crippen molar-refractivity contribution >= 4 is 34.5 Å². The molecule has 1 aliphatic heterocycles. The second-order valence-corrected chi connectivity index (χ2v) is 7.98. The molecule has 0 aliphatic carbocycles. The molecule has 160 valence electrons. The highest BCUT2D eigenvalue weighted by atomic mass is 32.1. The molecule has 2 amide bonds. The highest BCUT2D eigenvalue weighted by Gasteiger charge is 2.16. The van der Waals surface area contributed by atoms with Gasteiger partial charge in [0.2, 0.25) is 5.91 Å². The Hall–Kier alpha value is -3.27. The number of ether oxygens (including phenoxy) is 1. The molecule has 31 heavy (non-hydrogen) atoms. The van der Waals surface area contributed by atoms with E-state index in [1.165, 1.54) is 18.3 Å². The minimum atomic E-state index is -0.332. The number of phenols is 1. The Kier molecular flexibility index (Phi) is 6.56. The smallest absolute Gasteiger partial charge is 0.257 e. The summed E-state index contributed by atoms with van der Waals surface area (Å²) in [5, 5.41) is 17.5. The molecule has 4 rings (SSSR count). The van der Waals surface area contributed by atoms with E-state index in [1.54, 1.807) is 29.5 Å². The second kappa shape index (κ2) is 9.69. The van der Waals surface area contributed by atoms with Crippen molar-refractivity contribution in [2.24, 2.45) is 0 Å². The van der Waals surface area contributed by atoms with E-state index in [4.69, 9.17) is 4.74 Å². The summed E-state index contributed by atoms with van der Waals surface area (Å²) < 4.78 is 5.28. The van der Waals surface area contributed by atoms with Crippen LogP contribution in [0.1, 0.15) is 10.4 Å². The van der Waals surface area contributed by atoms with Crippen LogP contribution in [-0.2, 0) is 9.53 Å². The molecule has 0 unspecified atom stereocenters. The van der Waals surface area contributed by atoms with Crippen LogP contribution in [-0.4, -0.2) is 59.7 Å². The third-order valence-electron chi connectivity index (χ3n) is 4.80. The number of aromatic nitrogens is 1. The van der Waals surface area contributed by atoms with Crippen LogP contribution in [0.4, 0.5) is 11.4 Å². The van der Waals surface area contributed by atoms with E-state index in [2.05, 4.69) is 15.6 Å². The number of hydrogen-bond acceptors (Lipinski definition) is 7. The number of thiophene rings is 1. The summed E-state index contributed by atoms with van der Waals surface area (Å²) in [5.74, 6) is -0.647. The van der Waals surface area contributed by atoms with Crippen LogP contribution in [0.15, 0.2) is 54.0 Å². The molecule has 1 fully saturated rings. The van der Waals surface area contributed by atoms with Gasteiger partial charge >= 0.3 is 0 Å². The van der Waals surface area contributed by atoms with Crippen LogP contribution in [0.25, 0.3) is 10.6 Å². The zero-order chi connectivity index (χ0) is 21.6. The second-order valence-electron chi connectivity index (χ2n) is 7.03. The topological polar surface area (TPSA) is 104 Å². The van der Waals surface area contributed by atoms with Gasteiger partial charge in [-0.1, -0.05) is 6.07 Å². The average molecular weight is 439 g/mol. The largest absolute Gasteiger partial charge is 0.506 e. The third-order valence-corrected chi connectivity index (χ3v) is 5.69. The van der Waals surface area contributed by atoms with Crippen LogP contribution in [0.2, 0.25) is 0 Å². The van der Waals surface area contributed by atoms with Crippen LogP contribution in [0.5, 0.6) is 5.75 Å². The maximum atomic E-state index is 12.6. The fourth-order valence-electron chi connectivity index (χ4n) is 3.17. The predicted octanol–water partition coefficient (Wildman–Crippen LogP) is 3.04. The lowest BCUT2D eigenvalue weighted by Gasteiger charge is -2.25. The van der Waals surface area contributed by atoms with Gasteiger partial charge in [-0.25, -0.2) is 0 Å². The summed E-state index contributed by atoms with van der Waals surface area (Å²) in [4.78, 5) is 32.3. The molecule has 3 N–H and O–H groups in total. The van der Waals surface area contributed by atoms with Crippen molar-refractivity contribution in [3.05, 3.63) is 59.6 Å². The number of nitrogens with zero attached hydrogens (tertiary/aromatic N) is 2. The number of amides is 2. The van der Waals surface area contributed by atoms with Gasteiger partial charge in [-0.05, 0) is 41.8 Å². The summed E-state index contributed by atoms with van der Waals surface area (Å²) in [5.41, 5.74) is 1.90. The molecule has 9 heteroatoms. The first-order valence-electron chi connectivity index (χ1n) is 9.83. The van der Waals surface area contributed by atoms with Crippen molar-refractivity contribution in [2.75, 3.05) is 43.5 Å². The Morgan fingerprint density at radius 3 is 2.68 bits per heavy atom. The van der Waals surface area contributed by atoms with E-state index in [0.717, 1.165) is 10.6 Å². The number of hydrogen-bond donors (Lipinski definition) is 3. The first-order chi connectivity index (χ1) is 15.1. The lowest BCUT2D eigenvalue weighted by Crippen LogP contribution is -2.41. The molecule has 0 radical (unpaired) electrons. The van der Waals surface area contributed by atoms with E-state index in [0.29, 0.717) is 37.6 Å². The molecule has 1 aromatic carbocycles. The van der Waals surface area contributed by atoms with Gasteiger partial charge in [-0.15, -0.1) is 11.3 Å². The molecule has 0 saturated carbocycles. The normalized spacial score (nSPS) is 14.2. The van der Waals surface area contributed by atoms with Gasteiger partial charge in [0.05, 0.1) is 41.6 Å². The number of rotatable bonds is 6. The Morgan fingerprint density at radius 2 is 1.97 bits per heavy atom. The minimum absolute atomic E-state index is 0.0738. The van der Waals surface area contributed by atoms with E-state index in [9.17, 15) is 14.7 Å². The van der Waals surface area contributed by atoms with Crippen LogP contribution in [0.3, 0.4) is 0 Å². The molecule has 0 spiro atoms. The predicted molar refractivity (Wildman–Crippen MR) is 119 cm³/mol. The number of aromatic hydroxyl groups is 1. The Morgan fingerprint density at radius 1 is 1.13 bits per heavy atom. The summed E-state index contributed by atoms with van der Waals surface area (Å²) in [6, 6.07) is 12.0. The number of carbonyl (C=O) groups is 2. The van der Waals surface area contributed by atoms with Gasteiger partial charge in [0, 0.05) is 25.0 Å². The number of morpholine rings is 1. The van der Waals surface area contributed by atoms with E-state index in [1.807, 2.05) is 22.4 Å². The zero-order valence-corrected chi connectivity index (χ0v) is 17.5. The molecule has 2 aromatic heterocycles. The van der Waals surface area contributed by atoms with Crippen molar-refractivity contribution in [1.82, 2.24) is 9.88 Å². The van der Waals surface area contributed by atoms with Gasteiger partial charge in [0.15, 0.2) is 0 Å². The van der Waals surface area contributed by atoms with E-state index < -0.39 is 0 Å². The number of benzene rings is 1. The lowest BCUT2D eigenvalue weighted by molar-refractivity contribution is -0.118. The summed E-state index contributed by atoms with van der Waals surface area (Å²) in [7, 11) is 0. The third kappa shape index (κ3) is 5.46. The van der Waals surface area contributed by atoms with Crippen molar-refractivity contribution in [3.8, 4) is 16.3 Å². The lowest BCUT2D eigenvalue weighted by atomic mass is 10.2. The zero-order valence-electron chi connectivity index (χ0n) is 16.7. The number of carbonyl (C=O) groups excluding carboxylic acids is 2. The molecule has 8 nitrogen and oxygen atoms in total. The highest BCUT2D eigenvalue weighted by Crippen LogP contribution is 2.27. The minimum Gasteiger partial charge on any atom is -0.506 e. The maximum Gasteiger partial charge on any atom is 0.257 e. The van der Waals surface area contributed by atoms with E-state index >= 15 is 0 Å². The molecule has 0 atom stereocenters. The van der Waals surface area contributed by atoms with Crippen LogP contribution < -0.4 is 10.6 Å². The first kappa shape index (κ1) is 21.0. The summed E-state index contributed by atoms with van der Waals surface area (Å²) >= 11 is 1.58. The van der Waals surface area contributed by atoms with E-state index in [-0.39, 0.29) is 29.8 Å². The molecular formula is C22H22N4O4S. The van der Waals surface area contributed by atoms with Gasteiger partial charge in [-0.2, -0.15) is 0 Å². The fourth-order valence-corrected chi connectivity index (χ4v) is 3.87. The van der Waals surface area contributed by atoms with Crippen LogP contribution in [0, 0.1) is 0 Å². The number of pyridine rings is 1. The van der Waals surface area contributed by atoms with Crippen molar-refractivity contribution < 1.29 is 19.4 Å². The van der Waals surface area contributed by atoms with Gasteiger partial charge in [-0.3, -0.25) is 19.5 Å². The Labute approximate surface area is 183 Å². The molecule has 3 heterocycles. The standard InChI is InChI=1S/C22H22N4O4S/c27-19-6-4-16(12-18(19)25-21(28)14-26-7-9-30-10-8-26)24-22(29)15-3-5-17(23-13-15)20-2-1-11-31-20/h1-6,11-13,27H,7-10,14H2,(H,24,29)(H,25,28). The molecule has 0 bridgehead atoms. The monoisotopic (exact) mass is 438 g/mol. The van der Waals surface area contributed by atoms with Gasteiger partial charge in [0.1, 0.15) is 5.75 Å². The van der Waals surface area contributed by atoms with Gasteiger partial charge in [0.25, 0.3) is 5.91 Å². The fraction of sp³-hybridized carbons (Fsp3) is 0.227.